The smallest absolute Gasteiger partial charge is 0.0680 e. The van der Waals surface area contributed by atoms with E-state index in [0.717, 1.165) is 24.5 Å². The fraction of sp³-hybridized carbons (Fsp3) is 0.455. The molecule has 1 radical (unpaired) electrons. The zero-order valence-corrected chi connectivity index (χ0v) is 7.79. The standard InChI is InChI=1S/C11H15N2/c12-10-6-2-3-7-11(10)13-8-4-1-5-9-13/h2-3,6H,1,4-5,8-9,12H2. The molecule has 2 nitrogen and oxygen atoms in total. The van der Waals surface area contributed by atoms with Crippen molar-refractivity contribution in [2.24, 2.45) is 0 Å². The minimum absolute atomic E-state index is 0.851. The number of benzene rings is 1. The van der Waals surface area contributed by atoms with Gasteiger partial charge < -0.3 is 10.6 Å². The van der Waals surface area contributed by atoms with Gasteiger partial charge in [0.1, 0.15) is 0 Å². The van der Waals surface area contributed by atoms with Crippen LogP contribution in [-0.4, -0.2) is 13.1 Å². The van der Waals surface area contributed by atoms with Crippen molar-refractivity contribution in [3.05, 3.63) is 24.3 Å². The van der Waals surface area contributed by atoms with Crippen molar-refractivity contribution in [2.75, 3.05) is 23.7 Å². The van der Waals surface area contributed by atoms with Gasteiger partial charge in [-0.2, -0.15) is 0 Å². The molecule has 2 rings (SSSR count). The second kappa shape index (κ2) is 3.69. The predicted molar refractivity (Wildman–Crippen MR) is 55.8 cm³/mol. The number of rotatable bonds is 1. The topological polar surface area (TPSA) is 29.3 Å². The highest BCUT2D eigenvalue weighted by Gasteiger charge is 2.12. The molecule has 2 heteroatoms. The largest absolute Gasteiger partial charge is 0.397 e. The van der Waals surface area contributed by atoms with Crippen molar-refractivity contribution in [2.45, 2.75) is 19.3 Å². The first kappa shape index (κ1) is 8.42. The average molecular weight is 175 g/mol. The monoisotopic (exact) mass is 175 g/mol. The predicted octanol–water partition coefficient (Wildman–Crippen LogP) is 2.06. The Morgan fingerprint density at radius 2 is 2.00 bits per heavy atom. The van der Waals surface area contributed by atoms with Crippen molar-refractivity contribution in [1.29, 1.82) is 0 Å². The van der Waals surface area contributed by atoms with E-state index < -0.39 is 0 Å². The summed E-state index contributed by atoms with van der Waals surface area (Å²) in [5.74, 6) is 0. The van der Waals surface area contributed by atoms with Gasteiger partial charge in [0, 0.05) is 19.2 Å². The Morgan fingerprint density at radius 1 is 1.23 bits per heavy atom. The molecule has 1 aromatic rings. The van der Waals surface area contributed by atoms with Gasteiger partial charge in [-0.1, -0.05) is 12.1 Å². The summed E-state index contributed by atoms with van der Waals surface area (Å²) in [5, 5.41) is 0. The first-order valence-electron chi connectivity index (χ1n) is 4.89. The number of nitrogens with two attached hydrogens (primary N) is 1. The Morgan fingerprint density at radius 3 is 2.69 bits per heavy atom. The molecule has 1 aliphatic rings. The van der Waals surface area contributed by atoms with E-state index in [-0.39, 0.29) is 0 Å². The molecule has 13 heavy (non-hydrogen) atoms. The molecule has 0 atom stereocenters. The average Bonchev–Trinajstić information content (AvgIpc) is 2.20. The van der Waals surface area contributed by atoms with Gasteiger partial charge in [0.25, 0.3) is 0 Å². The Bertz CT molecular complexity index is 277. The molecular formula is C11H15N2. The fourth-order valence-corrected chi connectivity index (χ4v) is 1.83. The second-order valence-corrected chi connectivity index (χ2v) is 3.52. The molecule has 0 amide bonds. The van der Waals surface area contributed by atoms with Gasteiger partial charge in [-0.05, 0) is 25.3 Å². The van der Waals surface area contributed by atoms with Crippen LogP contribution < -0.4 is 10.6 Å². The molecule has 0 unspecified atom stereocenters. The molecule has 1 aliphatic heterocycles. The Balaban J connectivity index is 2.18. The number of hydrogen-bond donors (Lipinski definition) is 1. The maximum atomic E-state index is 5.88. The summed E-state index contributed by atoms with van der Waals surface area (Å²) in [4.78, 5) is 2.33. The van der Waals surface area contributed by atoms with E-state index in [1.807, 2.05) is 18.2 Å². The zero-order valence-electron chi connectivity index (χ0n) is 7.79. The van der Waals surface area contributed by atoms with E-state index in [9.17, 15) is 0 Å². The summed E-state index contributed by atoms with van der Waals surface area (Å²) in [5.41, 5.74) is 7.82. The third kappa shape index (κ3) is 1.77. The number of anilines is 2. The second-order valence-electron chi connectivity index (χ2n) is 3.52. The number of hydrogen-bond acceptors (Lipinski definition) is 2. The van der Waals surface area contributed by atoms with Gasteiger partial charge in [-0.25, -0.2) is 0 Å². The van der Waals surface area contributed by atoms with Gasteiger partial charge in [-0.15, -0.1) is 0 Å². The SMILES string of the molecule is Nc1ccc[c]c1N1CCCCC1. The van der Waals surface area contributed by atoms with Crippen LogP contribution in [0.5, 0.6) is 0 Å². The summed E-state index contributed by atoms with van der Waals surface area (Å²) < 4.78 is 0. The van der Waals surface area contributed by atoms with Gasteiger partial charge in [0.05, 0.1) is 11.4 Å². The fourth-order valence-electron chi connectivity index (χ4n) is 1.83. The third-order valence-electron chi connectivity index (χ3n) is 2.54. The molecule has 0 aromatic heterocycles. The van der Waals surface area contributed by atoms with Gasteiger partial charge >= 0.3 is 0 Å². The summed E-state index contributed by atoms with van der Waals surface area (Å²) in [6.45, 7) is 2.26. The molecule has 1 heterocycles. The Labute approximate surface area is 79.4 Å². The van der Waals surface area contributed by atoms with Crippen LogP contribution in [0.1, 0.15) is 19.3 Å². The molecule has 1 aromatic carbocycles. The minimum atomic E-state index is 0.851. The lowest BCUT2D eigenvalue weighted by Gasteiger charge is -2.29. The van der Waals surface area contributed by atoms with E-state index in [0.29, 0.717) is 0 Å². The molecule has 0 bridgehead atoms. The van der Waals surface area contributed by atoms with Gasteiger partial charge in [-0.3, -0.25) is 0 Å². The van der Waals surface area contributed by atoms with Crippen molar-refractivity contribution in [3.63, 3.8) is 0 Å². The Hall–Kier alpha value is -1.18. The number of nitrogen functional groups attached to an aromatic ring is 1. The lowest BCUT2D eigenvalue weighted by atomic mass is 10.1. The summed E-state index contributed by atoms with van der Waals surface area (Å²) >= 11 is 0. The van der Waals surface area contributed by atoms with Crippen LogP contribution in [0.3, 0.4) is 0 Å². The highest BCUT2D eigenvalue weighted by atomic mass is 15.1. The maximum Gasteiger partial charge on any atom is 0.0680 e. The molecular weight excluding hydrogens is 160 g/mol. The van der Waals surface area contributed by atoms with Crippen LogP contribution in [-0.2, 0) is 0 Å². The van der Waals surface area contributed by atoms with Crippen LogP contribution in [0, 0.1) is 6.07 Å². The molecule has 2 N–H and O–H groups in total. The quantitative estimate of drug-likeness (QED) is 0.662. The van der Waals surface area contributed by atoms with Crippen LogP contribution in [0.4, 0.5) is 11.4 Å². The molecule has 0 aliphatic carbocycles. The molecule has 69 valence electrons. The lowest BCUT2D eigenvalue weighted by Crippen LogP contribution is -2.30. The van der Waals surface area contributed by atoms with Gasteiger partial charge in [0.15, 0.2) is 0 Å². The van der Waals surface area contributed by atoms with E-state index in [2.05, 4.69) is 11.0 Å². The number of para-hydroxylation sites is 1. The normalized spacial score (nSPS) is 17.4. The first-order chi connectivity index (χ1) is 6.38. The van der Waals surface area contributed by atoms with Crippen molar-refractivity contribution in [1.82, 2.24) is 0 Å². The summed E-state index contributed by atoms with van der Waals surface area (Å²) in [6, 6.07) is 9.02. The van der Waals surface area contributed by atoms with Crippen LogP contribution in [0.2, 0.25) is 0 Å². The number of piperidine rings is 1. The summed E-state index contributed by atoms with van der Waals surface area (Å²) in [7, 11) is 0. The van der Waals surface area contributed by atoms with E-state index >= 15 is 0 Å². The highest BCUT2D eigenvalue weighted by Crippen LogP contribution is 2.24. The summed E-state index contributed by atoms with van der Waals surface area (Å²) in [6.07, 6.45) is 3.91. The maximum absolute atomic E-state index is 5.88. The van der Waals surface area contributed by atoms with Crippen molar-refractivity contribution < 1.29 is 0 Å². The minimum Gasteiger partial charge on any atom is -0.397 e. The molecule has 1 saturated heterocycles. The third-order valence-corrected chi connectivity index (χ3v) is 2.54. The molecule has 0 spiro atoms. The van der Waals surface area contributed by atoms with E-state index in [1.165, 1.54) is 19.3 Å². The Kier molecular flexibility index (Phi) is 2.39. The highest BCUT2D eigenvalue weighted by molar-refractivity contribution is 5.66. The zero-order chi connectivity index (χ0) is 9.10. The van der Waals surface area contributed by atoms with Crippen molar-refractivity contribution in [3.8, 4) is 0 Å². The van der Waals surface area contributed by atoms with E-state index in [1.54, 1.807) is 0 Å². The van der Waals surface area contributed by atoms with Crippen LogP contribution >= 0.6 is 0 Å². The van der Waals surface area contributed by atoms with Crippen LogP contribution in [0.15, 0.2) is 18.2 Å². The van der Waals surface area contributed by atoms with Gasteiger partial charge in [0.2, 0.25) is 0 Å². The molecule has 1 fully saturated rings. The van der Waals surface area contributed by atoms with Crippen molar-refractivity contribution >= 4 is 11.4 Å². The van der Waals surface area contributed by atoms with E-state index in [4.69, 9.17) is 5.73 Å². The first-order valence-corrected chi connectivity index (χ1v) is 4.89. The van der Waals surface area contributed by atoms with Crippen LogP contribution in [0.25, 0.3) is 0 Å². The lowest BCUT2D eigenvalue weighted by molar-refractivity contribution is 0.578. The number of nitrogens with zero attached hydrogens (tertiary/aromatic N) is 1. The molecule has 0 saturated carbocycles.